The molecule has 1 saturated heterocycles. The highest BCUT2D eigenvalue weighted by Gasteiger charge is 2.25. The predicted octanol–water partition coefficient (Wildman–Crippen LogP) is 3.35. The SMILES string of the molecule is CC(NC1CCCN(C(=O)c2ccccc2)C1)c1cccc(O)c1. The molecule has 1 fully saturated rings. The summed E-state index contributed by atoms with van der Waals surface area (Å²) < 4.78 is 0. The summed E-state index contributed by atoms with van der Waals surface area (Å²) >= 11 is 0. The van der Waals surface area contributed by atoms with Crippen LogP contribution in [0.1, 0.15) is 41.7 Å². The fraction of sp³-hybridized carbons (Fsp3) is 0.350. The van der Waals surface area contributed by atoms with Gasteiger partial charge in [0.1, 0.15) is 5.75 Å². The number of hydrogen-bond acceptors (Lipinski definition) is 3. The molecule has 1 aliphatic rings. The van der Waals surface area contributed by atoms with Gasteiger partial charge in [0.2, 0.25) is 0 Å². The fourth-order valence-corrected chi connectivity index (χ4v) is 3.30. The lowest BCUT2D eigenvalue weighted by atomic mass is 10.0. The largest absolute Gasteiger partial charge is 0.508 e. The molecule has 1 aliphatic heterocycles. The van der Waals surface area contributed by atoms with Gasteiger partial charge in [-0.1, -0.05) is 30.3 Å². The van der Waals surface area contributed by atoms with Crippen molar-refractivity contribution in [1.29, 1.82) is 0 Å². The Labute approximate surface area is 143 Å². The highest BCUT2D eigenvalue weighted by molar-refractivity contribution is 5.94. The molecule has 4 heteroatoms. The maximum absolute atomic E-state index is 12.6. The molecule has 2 aromatic rings. The molecule has 0 aliphatic carbocycles. The zero-order valence-electron chi connectivity index (χ0n) is 14.0. The fourth-order valence-electron chi connectivity index (χ4n) is 3.30. The van der Waals surface area contributed by atoms with Gasteiger partial charge < -0.3 is 15.3 Å². The minimum Gasteiger partial charge on any atom is -0.508 e. The van der Waals surface area contributed by atoms with E-state index in [0.29, 0.717) is 0 Å². The standard InChI is InChI=1S/C20H24N2O2/c1-15(17-9-5-11-19(23)13-17)21-18-10-6-12-22(14-18)20(24)16-7-3-2-4-8-16/h2-5,7-9,11,13,15,18,21,23H,6,10,12,14H2,1H3. The van der Waals surface area contributed by atoms with E-state index in [2.05, 4.69) is 12.2 Å². The van der Waals surface area contributed by atoms with E-state index in [1.54, 1.807) is 12.1 Å². The molecule has 1 amide bonds. The number of likely N-dealkylation sites (tertiary alicyclic amines) is 1. The molecule has 0 spiro atoms. The van der Waals surface area contributed by atoms with Crippen LogP contribution in [-0.4, -0.2) is 35.0 Å². The van der Waals surface area contributed by atoms with Crippen molar-refractivity contribution in [3.8, 4) is 5.75 Å². The highest BCUT2D eigenvalue weighted by atomic mass is 16.3. The minimum atomic E-state index is 0.104. The number of phenols is 1. The smallest absolute Gasteiger partial charge is 0.253 e. The maximum Gasteiger partial charge on any atom is 0.253 e. The number of phenolic OH excluding ortho intramolecular Hbond substituents is 1. The van der Waals surface area contributed by atoms with E-state index in [9.17, 15) is 9.90 Å². The molecular weight excluding hydrogens is 300 g/mol. The quantitative estimate of drug-likeness (QED) is 0.907. The van der Waals surface area contributed by atoms with E-state index in [0.717, 1.165) is 37.1 Å². The van der Waals surface area contributed by atoms with Crippen molar-refractivity contribution in [2.75, 3.05) is 13.1 Å². The summed E-state index contributed by atoms with van der Waals surface area (Å²) in [5.74, 6) is 0.387. The Balaban J connectivity index is 1.62. The molecule has 0 saturated carbocycles. The lowest BCUT2D eigenvalue weighted by Gasteiger charge is -2.35. The molecular formula is C20H24N2O2. The zero-order valence-corrected chi connectivity index (χ0v) is 14.0. The number of aromatic hydroxyl groups is 1. The van der Waals surface area contributed by atoms with Crippen molar-refractivity contribution in [2.24, 2.45) is 0 Å². The van der Waals surface area contributed by atoms with Crippen LogP contribution in [0.5, 0.6) is 5.75 Å². The van der Waals surface area contributed by atoms with E-state index >= 15 is 0 Å². The van der Waals surface area contributed by atoms with Crippen molar-refractivity contribution < 1.29 is 9.90 Å². The van der Waals surface area contributed by atoms with Gasteiger partial charge in [0.05, 0.1) is 0 Å². The van der Waals surface area contributed by atoms with Gasteiger partial charge in [0, 0.05) is 30.7 Å². The number of carbonyl (C=O) groups is 1. The van der Waals surface area contributed by atoms with Gasteiger partial charge in [-0.2, -0.15) is 0 Å². The van der Waals surface area contributed by atoms with Crippen LogP contribution in [0.25, 0.3) is 0 Å². The van der Waals surface area contributed by atoms with Crippen LogP contribution >= 0.6 is 0 Å². The lowest BCUT2D eigenvalue weighted by molar-refractivity contribution is 0.0690. The normalized spacial score (nSPS) is 19.0. The Hall–Kier alpha value is -2.33. The maximum atomic E-state index is 12.6. The third-order valence-electron chi connectivity index (χ3n) is 4.59. The number of rotatable bonds is 4. The monoisotopic (exact) mass is 324 g/mol. The summed E-state index contributed by atoms with van der Waals surface area (Å²) in [5.41, 5.74) is 1.81. The number of nitrogens with one attached hydrogen (secondary N) is 1. The van der Waals surface area contributed by atoms with Crippen molar-refractivity contribution in [2.45, 2.75) is 31.8 Å². The van der Waals surface area contributed by atoms with Gasteiger partial charge >= 0.3 is 0 Å². The molecule has 126 valence electrons. The Morgan fingerprint density at radius 3 is 2.75 bits per heavy atom. The second-order valence-corrected chi connectivity index (χ2v) is 6.44. The molecule has 0 radical (unpaired) electrons. The van der Waals surface area contributed by atoms with Gasteiger partial charge in [-0.05, 0) is 49.6 Å². The molecule has 0 bridgehead atoms. The Morgan fingerprint density at radius 2 is 2.00 bits per heavy atom. The van der Waals surface area contributed by atoms with Crippen molar-refractivity contribution in [1.82, 2.24) is 10.2 Å². The second kappa shape index (κ2) is 7.49. The van der Waals surface area contributed by atoms with Gasteiger partial charge in [-0.25, -0.2) is 0 Å². The van der Waals surface area contributed by atoms with E-state index in [-0.39, 0.29) is 23.7 Å². The molecule has 3 rings (SSSR count). The molecule has 1 heterocycles. The average molecular weight is 324 g/mol. The van der Waals surface area contributed by atoms with Crippen LogP contribution in [0.15, 0.2) is 54.6 Å². The van der Waals surface area contributed by atoms with Crippen molar-refractivity contribution in [3.05, 3.63) is 65.7 Å². The Kier molecular flexibility index (Phi) is 5.16. The molecule has 2 atom stereocenters. The minimum absolute atomic E-state index is 0.104. The highest BCUT2D eigenvalue weighted by Crippen LogP contribution is 2.21. The number of amides is 1. The molecule has 4 nitrogen and oxygen atoms in total. The average Bonchev–Trinajstić information content (AvgIpc) is 2.62. The van der Waals surface area contributed by atoms with Crippen molar-refractivity contribution in [3.63, 3.8) is 0 Å². The Bertz CT molecular complexity index is 687. The van der Waals surface area contributed by atoms with Gasteiger partial charge in [-0.15, -0.1) is 0 Å². The van der Waals surface area contributed by atoms with E-state index in [1.807, 2.05) is 47.4 Å². The molecule has 2 N–H and O–H groups in total. The lowest BCUT2D eigenvalue weighted by Crippen LogP contribution is -2.48. The van der Waals surface area contributed by atoms with Crippen LogP contribution in [0, 0.1) is 0 Å². The summed E-state index contributed by atoms with van der Waals surface area (Å²) in [5, 5.41) is 13.2. The third-order valence-corrected chi connectivity index (χ3v) is 4.59. The van der Waals surface area contributed by atoms with Crippen LogP contribution < -0.4 is 5.32 Å². The number of benzene rings is 2. The molecule has 2 unspecified atom stereocenters. The summed E-state index contributed by atoms with van der Waals surface area (Å²) in [6.07, 6.45) is 2.06. The predicted molar refractivity (Wildman–Crippen MR) is 95.0 cm³/mol. The first-order chi connectivity index (χ1) is 11.6. The van der Waals surface area contributed by atoms with E-state index in [4.69, 9.17) is 0 Å². The van der Waals surface area contributed by atoms with Crippen LogP contribution in [0.2, 0.25) is 0 Å². The summed E-state index contributed by atoms with van der Waals surface area (Å²) in [6, 6.07) is 17.2. The van der Waals surface area contributed by atoms with Crippen LogP contribution in [0.3, 0.4) is 0 Å². The number of hydrogen-bond donors (Lipinski definition) is 2. The van der Waals surface area contributed by atoms with Gasteiger partial charge in [0.15, 0.2) is 0 Å². The van der Waals surface area contributed by atoms with Gasteiger partial charge in [0.25, 0.3) is 5.91 Å². The molecule has 24 heavy (non-hydrogen) atoms. The van der Waals surface area contributed by atoms with Gasteiger partial charge in [-0.3, -0.25) is 4.79 Å². The zero-order chi connectivity index (χ0) is 16.9. The second-order valence-electron chi connectivity index (χ2n) is 6.44. The molecule has 0 aromatic heterocycles. The Morgan fingerprint density at radius 1 is 1.21 bits per heavy atom. The first kappa shape index (κ1) is 16.5. The van der Waals surface area contributed by atoms with Crippen LogP contribution in [-0.2, 0) is 0 Å². The summed E-state index contributed by atoms with van der Waals surface area (Å²) in [7, 11) is 0. The first-order valence-electron chi connectivity index (χ1n) is 8.53. The topological polar surface area (TPSA) is 52.6 Å². The third kappa shape index (κ3) is 3.95. The van der Waals surface area contributed by atoms with Crippen LogP contribution in [0.4, 0.5) is 0 Å². The summed E-state index contributed by atoms with van der Waals surface area (Å²) in [4.78, 5) is 14.5. The number of piperidine rings is 1. The van der Waals surface area contributed by atoms with E-state index < -0.39 is 0 Å². The summed E-state index contributed by atoms with van der Waals surface area (Å²) in [6.45, 7) is 3.62. The van der Waals surface area contributed by atoms with E-state index in [1.165, 1.54) is 0 Å². The molecule has 2 aromatic carbocycles. The van der Waals surface area contributed by atoms with Crippen molar-refractivity contribution >= 4 is 5.91 Å². The first-order valence-corrected chi connectivity index (χ1v) is 8.53. The number of carbonyl (C=O) groups excluding carboxylic acids is 1. The number of nitrogens with zero attached hydrogens (tertiary/aromatic N) is 1.